The molecule has 2 aromatic rings. The van der Waals surface area contributed by atoms with Gasteiger partial charge in [0.2, 0.25) is 0 Å². The molecule has 2 N–H and O–H groups in total. The van der Waals surface area contributed by atoms with Crippen LogP contribution in [0.1, 0.15) is 26.2 Å². The lowest BCUT2D eigenvalue weighted by atomic mass is 9.96. The molecule has 2 heterocycles. The molecule has 0 aromatic carbocycles. The number of halogens is 1. The SMILES string of the molecule is CC(O)(CCNc1ccn2ncc(Br)c2n1)C1CC1. The number of aromatic nitrogens is 3. The number of aliphatic hydroxyl groups is 1. The standard InChI is InChI=1S/C13H17BrN4O/c1-13(19,9-2-3-9)5-6-15-11-4-7-18-12(17-11)10(14)8-16-18/h4,7-9,19H,2-3,5-6H2,1H3,(H,15,17). The van der Waals surface area contributed by atoms with Crippen molar-refractivity contribution in [2.45, 2.75) is 31.8 Å². The summed E-state index contributed by atoms with van der Waals surface area (Å²) in [5.41, 5.74) is 0.243. The Bertz CT molecular complexity index is 591. The lowest BCUT2D eigenvalue weighted by molar-refractivity contribution is 0.0316. The molecule has 0 amide bonds. The van der Waals surface area contributed by atoms with Crippen LogP contribution < -0.4 is 5.32 Å². The van der Waals surface area contributed by atoms with Gasteiger partial charge in [-0.05, 0) is 54.1 Å². The van der Waals surface area contributed by atoms with Crippen LogP contribution in [0.15, 0.2) is 22.9 Å². The first-order valence-corrected chi connectivity index (χ1v) is 7.32. The molecular formula is C13H17BrN4O. The van der Waals surface area contributed by atoms with E-state index >= 15 is 0 Å². The third-order valence-electron chi connectivity index (χ3n) is 3.72. The molecule has 0 radical (unpaired) electrons. The van der Waals surface area contributed by atoms with Crippen LogP contribution in [0.5, 0.6) is 0 Å². The Kier molecular flexibility index (Phi) is 3.22. The fourth-order valence-corrected chi connectivity index (χ4v) is 2.65. The average molecular weight is 325 g/mol. The summed E-state index contributed by atoms with van der Waals surface area (Å²) in [5, 5.41) is 17.6. The molecule has 0 bridgehead atoms. The van der Waals surface area contributed by atoms with E-state index in [4.69, 9.17) is 0 Å². The highest BCUT2D eigenvalue weighted by atomic mass is 79.9. The van der Waals surface area contributed by atoms with Gasteiger partial charge < -0.3 is 10.4 Å². The van der Waals surface area contributed by atoms with Gasteiger partial charge in [0.25, 0.3) is 0 Å². The van der Waals surface area contributed by atoms with Crippen molar-refractivity contribution >= 4 is 27.4 Å². The van der Waals surface area contributed by atoms with E-state index in [1.54, 1.807) is 10.7 Å². The Labute approximate surface area is 120 Å². The number of hydrogen-bond acceptors (Lipinski definition) is 4. The van der Waals surface area contributed by atoms with Crippen molar-refractivity contribution in [2.24, 2.45) is 5.92 Å². The number of anilines is 1. The fraction of sp³-hybridized carbons (Fsp3) is 0.538. The molecule has 6 heteroatoms. The second-order valence-electron chi connectivity index (χ2n) is 5.38. The number of rotatable bonds is 5. The molecule has 1 atom stereocenters. The summed E-state index contributed by atoms with van der Waals surface area (Å²) in [6.45, 7) is 2.65. The quantitative estimate of drug-likeness (QED) is 0.886. The van der Waals surface area contributed by atoms with Gasteiger partial charge in [-0.3, -0.25) is 0 Å². The molecule has 1 fully saturated rings. The lowest BCUT2D eigenvalue weighted by Crippen LogP contribution is -2.29. The second-order valence-corrected chi connectivity index (χ2v) is 6.24. The van der Waals surface area contributed by atoms with Crippen LogP contribution in [0.2, 0.25) is 0 Å². The van der Waals surface area contributed by atoms with Crippen molar-refractivity contribution in [3.05, 3.63) is 22.9 Å². The summed E-state index contributed by atoms with van der Waals surface area (Å²) in [4.78, 5) is 4.48. The minimum Gasteiger partial charge on any atom is -0.390 e. The average Bonchev–Trinajstić information content (AvgIpc) is 3.17. The third-order valence-corrected chi connectivity index (χ3v) is 4.28. The van der Waals surface area contributed by atoms with Crippen molar-refractivity contribution in [3.63, 3.8) is 0 Å². The maximum absolute atomic E-state index is 10.2. The minimum atomic E-state index is -0.547. The van der Waals surface area contributed by atoms with Gasteiger partial charge in [-0.1, -0.05) is 0 Å². The number of fused-ring (bicyclic) bond motifs is 1. The number of nitrogens with zero attached hydrogens (tertiary/aromatic N) is 3. The van der Waals surface area contributed by atoms with Crippen LogP contribution in [-0.2, 0) is 0 Å². The van der Waals surface area contributed by atoms with E-state index in [0.29, 0.717) is 5.92 Å². The molecule has 102 valence electrons. The van der Waals surface area contributed by atoms with E-state index in [-0.39, 0.29) is 0 Å². The first-order valence-electron chi connectivity index (χ1n) is 6.52. The zero-order valence-electron chi connectivity index (χ0n) is 10.8. The molecule has 1 aliphatic carbocycles. The lowest BCUT2D eigenvalue weighted by Gasteiger charge is -2.23. The van der Waals surface area contributed by atoms with E-state index in [9.17, 15) is 5.11 Å². The second kappa shape index (κ2) is 4.76. The van der Waals surface area contributed by atoms with Crippen LogP contribution in [-0.4, -0.2) is 31.9 Å². The Hall–Kier alpha value is -1.14. The van der Waals surface area contributed by atoms with E-state index in [0.717, 1.165) is 41.7 Å². The van der Waals surface area contributed by atoms with Crippen LogP contribution in [0.4, 0.5) is 5.82 Å². The topological polar surface area (TPSA) is 62.5 Å². The van der Waals surface area contributed by atoms with E-state index < -0.39 is 5.60 Å². The van der Waals surface area contributed by atoms with Gasteiger partial charge in [0.05, 0.1) is 16.3 Å². The highest BCUT2D eigenvalue weighted by molar-refractivity contribution is 9.10. The van der Waals surface area contributed by atoms with Gasteiger partial charge in [-0.25, -0.2) is 9.50 Å². The van der Waals surface area contributed by atoms with Crippen molar-refractivity contribution in [1.82, 2.24) is 14.6 Å². The Balaban J connectivity index is 1.63. The van der Waals surface area contributed by atoms with Crippen LogP contribution in [0, 0.1) is 5.92 Å². The van der Waals surface area contributed by atoms with Crippen molar-refractivity contribution < 1.29 is 5.11 Å². The molecule has 1 unspecified atom stereocenters. The summed E-state index contributed by atoms with van der Waals surface area (Å²) in [5.74, 6) is 1.29. The summed E-state index contributed by atoms with van der Waals surface area (Å²) in [6.07, 6.45) is 6.64. The third kappa shape index (κ3) is 2.74. The first-order chi connectivity index (χ1) is 9.06. The Morgan fingerprint density at radius 3 is 3.11 bits per heavy atom. The molecule has 0 aliphatic heterocycles. The number of hydrogen-bond donors (Lipinski definition) is 2. The van der Waals surface area contributed by atoms with Gasteiger partial charge in [0.1, 0.15) is 5.82 Å². The van der Waals surface area contributed by atoms with Gasteiger partial charge in [0, 0.05) is 12.7 Å². The van der Waals surface area contributed by atoms with Crippen molar-refractivity contribution in [3.8, 4) is 0 Å². The molecule has 2 aromatic heterocycles. The number of nitrogens with one attached hydrogen (secondary N) is 1. The molecule has 1 aliphatic rings. The maximum atomic E-state index is 10.2. The summed E-state index contributed by atoms with van der Waals surface area (Å²) < 4.78 is 2.59. The van der Waals surface area contributed by atoms with Crippen LogP contribution >= 0.6 is 15.9 Å². The molecule has 1 saturated carbocycles. The Morgan fingerprint density at radius 2 is 2.37 bits per heavy atom. The van der Waals surface area contributed by atoms with Gasteiger partial charge in [-0.2, -0.15) is 5.10 Å². The largest absolute Gasteiger partial charge is 0.390 e. The van der Waals surface area contributed by atoms with Crippen molar-refractivity contribution in [1.29, 1.82) is 0 Å². The van der Waals surface area contributed by atoms with E-state index in [1.165, 1.54) is 0 Å². The molecule has 3 rings (SSSR count). The molecule has 0 saturated heterocycles. The predicted molar refractivity (Wildman–Crippen MR) is 77.1 cm³/mol. The Morgan fingerprint density at radius 1 is 1.58 bits per heavy atom. The normalized spacial score (nSPS) is 18.5. The first kappa shape index (κ1) is 12.9. The summed E-state index contributed by atoms with van der Waals surface area (Å²) in [6, 6.07) is 1.89. The zero-order chi connectivity index (χ0) is 13.5. The predicted octanol–water partition coefficient (Wildman–Crippen LogP) is 2.45. The van der Waals surface area contributed by atoms with Crippen LogP contribution in [0.25, 0.3) is 5.65 Å². The molecule has 0 spiro atoms. The fourth-order valence-electron chi connectivity index (χ4n) is 2.29. The van der Waals surface area contributed by atoms with E-state index in [1.807, 2.05) is 19.2 Å². The van der Waals surface area contributed by atoms with Gasteiger partial charge >= 0.3 is 0 Å². The summed E-state index contributed by atoms with van der Waals surface area (Å²) in [7, 11) is 0. The monoisotopic (exact) mass is 324 g/mol. The van der Waals surface area contributed by atoms with E-state index in [2.05, 4.69) is 31.3 Å². The molecule has 19 heavy (non-hydrogen) atoms. The van der Waals surface area contributed by atoms with Gasteiger partial charge in [0.15, 0.2) is 5.65 Å². The highest BCUT2D eigenvalue weighted by Crippen LogP contribution is 2.41. The smallest absolute Gasteiger partial charge is 0.171 e. The maximum Gasteiger partial charge on any atom is 0.171 e. The molecular weight excluding hydrogens is 308 g/mol. The van der Waals surface area contributed by atoms with Gasteiger partial charge in [-0.15, -0.1) is 0 Å². The molecule has 5 nitrogen and oxygen atoms in total. The summed E-state index contributed by atoms with van der Waals surface area (Å²) >= 11 is 3.41. The van der Waals surface area contributed by atoms with Crippen molar-refractivity contribution in [2.75, 3.05) is 11.9 Å². The zero-order valence-corrected chi connectivity index (χ0v) is 12.4. The van der Waals surface area contributed by atoms with Crippen LogP contribution in [0.3, 0.4) is 0 Å². The minimum absolute atomic E-state index is 0.480. The highest BCUT2D eigenvalue weighted by Gasteiger charge is 2.39.